The van der Waals surface area contributed by atoms with E-state index in [2.05, 4.69) is 15.6 Å². The Morgan fingerprint density at radius 2 is 1.80 bits per heavy atom. The summed E-state index contributed by atoms with van der Waals surface area (Å²) in [6.07, 6.45) is 0.555. The van der Waals surface area contributed by atoms with Crippen LogP contribution in [0.1, 0.15) is 11.1 Å². The van der Waals surface area contributed by atoms with Gasteiger partial charge in [-0.05, 0) is 35.7 Å². The molecular formula is C19H24F2N4. The molecule has 2 rings (SSSR count). The first-order chi connectivity index (χ1) is 12.0. The molecule has 134 valence electrons. The van der Waals surface area contributed by atoms with Crippen LogP contribution in [0.4, 0.5) is 14.5 Å². The maximum Gasteiger partial charge on any atom is 0.191 e. The van der Waals surface area contributed by atoms with Crippen molar-refractivity contribution in [1.82, 2.24) is 10.6 Å². The zero-order valence-electron chi connectivity index (χ0n) is 14.8. The number of halogens is 2. The van der Waals surface area contributed by atoms with Gasteiger partial charge in [-0.3, -0.25) is 4.99 Å². The standard InChI is InChI=1S/C19H24F2N4/c1-22-19(23-11-10-15-6-4-5-7-16(15)20)24-13-14-8-9-18(25(2)3)17(21)12-14/h4-9,12H,10-11,13H2,1-3H3,(H2,22,23,24). The molecule has 0 bridgehead atoms. The van der Waals surface area contributed by atoms with E-state index in [1.165, 1.54) is 12.1 Å². The lowest BCUT2D eigenvalue weighted by molar-refractivity contribution is 0.606. The van der Waals surface area contributed by atoms with E-state index in [9.17, 15) is 8.78 Å². The lowest BCUT2D eigenvalue weighted by atomic mass is 10.1. The van der Waals surface area contributed by atoms with Crippen LogP contribution in [0.3, 0.4) is 0 Å². The van der Waals surface area contributed by atoms with Crippen LogP contribution in [0.2, 0.25) is 0 Å². The Labute approximate surface area is 147 Å². The first kappa shape index (κ1) is 18.7. The van der Waals surface area contributed by atoms with E-state index < -0.39 is 0 Å². The first-order valence-corrected chi connectivity index (χ1v) is 8.15. The van der Waals surface area contributed by atoms with Gasteiger partial charge in [-0.25, -0.2) is 8.78 Å². The SMILES string of the molecule is CN=C(NCCc1ccccc1F)NCc1ccc(N(C)C)c(F)c1. The molecule has 0 aliphatic rings. The third-order valence-electron chi connectivity index (χ3n) is 3.82. The molecule has 0 heterocycles. The molecule has 2 N–H and O–H groups in total. The zero-order chi connectivity index (χ0) is 18.2. The summed E-state index contributed by atoms with van der Waals surface area (Å²) in [5.41, 5.74) is 2.03. The van der Waals surface area contributed by atoms with Gasteiger partial charge < -0.3 is 15.5 Å². The van der Waals surface area contributed by atoms with Gasteiger partial charge in [0, 0.05) is 34.2 Å². The number of hydrogen-bond donors (Lipinski definition) is 2. The van der Waals surface area contributed by atoms with Crippen LogP contribution < -0.4 is 15.5 Å². The lowest BCUT2D eigenvalue weighted by Gasteiger charge is -2.15. The first-order valence-electron chi connectivity index (χ1n) is 8.15. The predicted octanol–water partition coefficient (Wildman–Crippen LogP) is 2.94. The van der Waals surface area contributed by atoms with E-state index >= 15 is 0 Å². The van der Waals surface area contributed by atoms with Gasteiger partial charge in [-0.15, -0.1) is 0 Å². The van der Waals surface area contributed by atoms with Crippen molar-refractivity contribution in [3.63, 3.8) is 0 Å². The van der Waals surface area contributed by atoms with Crippen molar-refractivity contribution in [1.29, 1.82) is 0 Å². The Morgan fingerprint density at radius 3 is 2.44 bits per heavy atom. The minimum atomic E-state index is -0.258. The fourth-order valence-electron chi connectivity index (χ4n) is 2.45. The van der Waals surface area contributed by atoms with Gasteiger partial charge in [0.05, 0.1) is 5.69 Å². The summed E-state index contributed by atoms with van der Waals surface area (Å²) >= 11 is 0. The van der Waals surface area contributed by atoms with Crippen LogP contribution in [0, 0.1) is 11.6 Å². The number of hydrogen-bond acceptors (Lipinski definition) is 2. The molecule has 0 amide bonds. The molecule has 0 saturated heterocycles. The van der Waals surface area contributed by atoms with Crippen LogP contribution in [-0.4, -0.2) is 33.6 Å². The average Bonchev–Trinajstić information content (AvgIpc) is 2.59. The lowest BCUT2D eigenvalue weighted by Crippen LogP contribution is -2.37. The average molecular weight is 346 g/mol. The second-order valence-electron chi connectivity index (χ2n) is 5.87. The van der Waals surface area contributed by atoms with Gasteiger partial charge in [0.25, 0.3) is 0 Å². The Hall–Kier alpha value is -2.63. The Balaban J connectivity index is 1.84. The molecule has 0 aliphatic heterocycles. The van der Waals surface area contributed by atoms with E-state index in [0.717, 1.165) is 5.56 Å². The van der Waals surface area contributed by atoms with Gasteiger partial charge in [0.1, 0.15) is 11.6 Å². The van der Waals surface area contributed by atoms with Gasteiger partial charge in [0.15, 0.2) is 5.96 Å². The molecule has 0 aromatic heterocycles. The normalized spacial score (nSPS) is 11.3. The highest BCUT2D eigenvalue weighted by atomic mass is 19.1. The minimum absolute atomic E-state index is 0.205. The smallest absolute Gasteiger partial charge is 0.191 e. The van der Waals surface area contributed by atoms with E-state index in [0.29, 0.717) is 36.7 Å². The highest BCUT2D eigenvalue weighted by molar-refractivity contribution is 5.79. The molecule has 2 aromatic rings. The quantitative estimate of drug-likeness (QED) is 0.624. The summed E-state index contributed by atoms with van der Waals surface area (Å²) in [5, 5.41) is 6.26. The second kappa shape index (κ2) is 9.01. The predicted molar refractivity (Wildman–Crippen MR) is 99.0 cm³/mol. The molecular weight excluding hydrogens is 322 g/mol. The van der Waals surface area contributed by atoms with Crippen molar-refractivity contribution in [2.45, 2.75) is 13.0 Å². The summed E-state index contributed by atoms with van der Waals surface area (Å²) in [5.74, 6) is 0.129. The van der Waals surface area contributed by atoms with E-state index in [1.54, 1.807) is 44.2 Å². The Kier molecular flexibility index (Phi) is 6.74. The topological polar surface area (TPSA) is 39.7 Å². The molecule has 0 atom stereocenters. The van der Waals surface area contributed by atoms with Gasteiger partial charge in [-0.1, -0.05) is 24.3 Å². The number of anilines is 1. The fourth-order valence-corrected chi connectivity index (χ4v) is 2.45. The minimum Gasteiger partial charge on any atom is -0.375 e. The summed E-state index contributed by atoms with van der Waals surface area (Å²) in [7, 11) is 5.27. The number of nitrogens with one attached hydrogen (secondary N) is 2. The van der Waals surface area contributed by atoms with E-state index in [1.807, 2.05) is 12.1 Å². The van der Waals surface area contributed by atoms with Gasteiger partial charge >= 0.3 is 0 Å². The van der Waals surface area contributed by atoms with Crippen LogP contribution in [0.5, 0.6) is 0 Å². The second-order valence-corrected chi connectivity index (χ2v) is 5.87. The van der Waals surface area contributed by atoms with Crippen molar-refractivity contribution in [2.24, 2.45) is 4.99 Å². The summed E-state index contributed by atoms with van der Waals surface area (Å²) in [6.45, 7) is 0.999. The largest absolute Gasteiger partial charge is 0.375 e. The molecule has 2 aromatic carbocycles. The Bertz CT molecular complexity index is 729. The number of guanidine groups is 1. The van der Waals surface area contributed by atoms with Crippen LogP contribution in [0.15, 0.2) is 47.5 Å². The van der Waals surface area contributed by atoms with Crippen molar-refractivity contribution in [2.75, 3.05) is 32.6 Å². The molecule has 0 spiro atoms. The van der Waals surface area contributed by atoms with Crippen molar-refractivity contribution < 1.29 is 8.78 Å². The molecule has 4 nitrogen and oxygen atoms in total. The summed E-state index contributed by atoms with van der Waals surface area (Å²) in [4.78, 5) is 5.86. The van der Waals surface area contributed by atoms with E-state index in [-0.39, 0.29) is 11.6 Å². The Morgan fingerprint density at radius 1 is 1.04 bits per heavy atom. The molecule has 6 heteroatoms. The third kappa shape index (κ3) is 5.45. The number of rotatable bonds is 6. The number of benzene rings is 2. The van der Waals surface area contributed by atoms with Crippen molar-refractivity contribution in [3.8, 4) is 0 Å². The maximum atomic E-state index is 14.0. The van der Waals surface area contributed by atoms with Crippen molar-refractivity contribution in [3.05, 3.63) is 65.2 Å². The van der Waals surface area contributed by atoms with Crippen molar-refractivity contribution >= 4 is 11.6 Å². The van der Waals surface area contributed by atoms with Crippen LogP contribution >= 0.6 is 0 Å². The molecule has 25 heavy (non-hydrogen) atoms. The molecule has 0 saturated carbocycles. The molecule has 0 aliphatic carbocycles. The third-order valence-corrected chi connectivity index (χ3v) is 3.82. The van der Waals surface area contributed by atoms with Crippen LogP contribution in [0.25, 0.3) is 0 Å². The molecule has 0 unspecified atom stereocenters. The monoisotopic (exact) mass is 346 g/mol. The van der Waals surface area contributed by atoms with E-state index in [4.69, 9.17) is 0 Å². The molecule has 0 radical (unpaired) electrons. The summed E-state index contributed by atoms with van der Waals surface area (Å²) < 4.78 is 27.6. The van der Waals surface area contributed by atoms with Crippen LogP contribution in [-0.2, 0) is 13.0 Å². The number of aliphatic imine (C=N–C) groups is 1. The van der Waals surface area contributed by atoms with Gasteiger partial charge in [0.2, 0.25) is 0 Å². The highest BCUT2D eigenvalue weighted by Gasteiger charge is 2.06. The number of nitrogens with zero attached hydrogens (tertiary/aromatic N) is 2. The van der Waals surface area contributed by atoms with Gasteiger partial charge in [-0.2, -0.15) is 0 Å². The molecule has 0 fully saturated rings. The highest BCUT2D eigenvalue weighted by Crippen LogP contribution is 2.18. The maximum absolute atomic E-state index is 14.0. The summed E-state index contributed by atoms with van der Waals surface area (Å²) in [6, 6.07) is 11.8. The fraction of sp³-hybridized carbons (Fsp3) is 0.316. The zero-order valence-corrected chi connectivity index (χ0v) is 14.8.